The number of esters is 1. The van der Waals surface area contributed by atoms with Gasteiger partial charge >= 0.3 is 5.97 Å². The fraction of sp³-hybridized carbons (Fsp3) is 0.714. The van der Waals surface area contributed by atoms with E-state index in [1.807, 2.05) is 0 Å². The predicted molar refractivity (Wildman–Crippen MR) is 37.8 cm³/mol. The van der Waals surface area contributed by atoms with Crippen molar-refractivity contribution in [3.8, 4) is 0 Å². The van der Waals surface area contributed by atoms with Gasteiger partial charge in [-0.2, -0.15) is 0 Å². The van der Waals surface area contributed by atoms with Gasteiger partial charge < -0.3 is 19.7 Å². The third-order valence-electron chi connectivity index (χ3n) is 1.53. The van der Waals surface area contributed by atoms with Crippen LogP contribution in [-0.4, -0.2) is 41.1 Å². The van der Waals surface area contributed by atoms with Crippen LogP contribution in [0.3, 0.4) is 0 Å². The molecule has 1 aliphatic heterocycles. The van der Waals surface area contributed by atoms with E-state index >= 15 is 0 Å². The van der Waals surface area contributed by atoms with E-state index < -0.39 is 24.3 Å². The fourth-order valence-corrected chi connectivity index (χ4v) is 0.936. The molecule has 12 heavy (non-hydrogen) atoms. The summed E-state index contributed by atoms with van der Waals surface area (Å²) < 4.78 is 9.40. The highest BCUT2D eigenvalue weighted by molar-refractivity contribution is 5.66. The monoisotopic (exact) mass is 175 g/mol. The van der Waals surface area contributed by atoms with Crippen molar-refractivity contribution in [3.05, 3.63) is 6.61 Å². The number of aliphatic hydroxyl groups is 2. The van der Waals surface area contributed by atoms with E-state index in [-0.39, 0.29) is 6.61 Å². The number of carbonyl (C=O) groups is 1. The second-order valence-corrected chi connectivity index (χ2v) is 2.60. The van der Waals surface area contributed by atoms with E-state index in [4.69, 9.17) is 9.84 Å². The van der Waals surface area contributed by atoms with Crippen molar-refractivity contribution in [2.24, 2.45) is 0 Å². The molecule has 1 aliphatic rings. The zero-order valence-corrected chi connectivity index (χ0v) is 6.64. The van der Waals surface area contributed by atoms with Gasteiger partial charge in [-0.1, -0.05) is 0 Å². The molecule has 2 N–H and O–H groups in total. The lowest BCUT2D eigenvalue weighted by molar-refractivity contribution is -0.170. The van der Waals surface area contributed by atoms with E-state index in [9.17, 15) is 9.90 Å². The van der Waals surface area contributed by atoms with Crippen LogP contribution < -0.4 is 0 Å². The molecule has 0 aromatic carbocycles. The zero-order chi connectivity index (χ0) is 9.14. The predicted octanol–water partition coefficient (Wildman–Crippen LogP) is -1.17. The van der Waals surface area contributed by atoms with Crippen molar-refractivity contribution in [2.75, 3.05) is 6.61 Å². The maximum absolute atomic E-state index is 10.5. The van der Waals surface area contributed by atoms with Crippen LogP contribution in [0.1, 0.15) is 6.92 Å². The Bertz CT molecular complexity index is 169. The van der Waals surface area contributed by atoms with Gasteiger partial charge in [0.1, 0.15) is 18.8 Å². The van der Waals surface area contributed by atoms with Crippen molar-refractivity contribution >= 4 is 5.97 Å². The number of hydrogen-bond acceptors (Lipinski definition) is 5. The quantitative estimate of drug-likeness (QED) is 0.491. The summed E-state index contributed by atoms with van der Waals surface area (Å²) in [5.41, 5.74) is 0. The number of rotatable bonds is 1. The van der Waals surface area contributed by atoms with Crippen molar-refractivity contribution < 1.29 is 24.5 Å². The molecule has 0 unspecified atom stereocenters. The van der Waals surface area contributed by atoms with Crippen LogP contribution in [0.15, 0.2) is 0 Å². The normalized spacial score (nSPS) is 36.1. The average molecular weight is 175 g/mol. The Morgan fingerprint density at radius 3 is 2.92 bits per heavy atom. The van der Waals surface area contributed by atoms with Gasteiger partial charge in [-0.3, -0.25) is 4.79 Å². The maximum Gasteiger partial charge on any atom is 0.303 e. The first kappa shape index (κ1) is 9.44. The lowest BCUT2D eigenvalue weighted by Crippen LogP contribution is -2.47. The third kappa shape index (κ3) is 2.17. The summed E-state index contributed by atoms with van der Waals surface area (Å²) in [6.45, 7) is 2.46. The van der Waals surface area contributed by atoms with E-state index in [0.29, 0.717) is 0 Å². The maximum atomic E-state index is 10.5. The molecule has 1 rings (SSSR count). The molecule has 0 aliphatic carbocycles. The summed E-state index contributed by atoms with van der Waals surface area (Å²) in [5, 5.41) is 18.3. The van der Waals surface area contributed by atoms with Gasteiger partial charge in [0.15, 0.2) is 6.10 Å². The van der Waals surface area contributed by atoms with Crippen LogP contribution >= 0.6 is 0 Å². The Balaban J connectivity index is 2.46. The molecule has 1 fully saturated rings. The lowest BCUT2D eigenvalue weighted by Gasteiger charge is -2.30. The summed E-state index contributed by atoms with van der Waals surface area (Å²) in [7, 11) is 0. The van der Waals surface area contributed by atoms with Crippen molar-refractivity contribution in [3.63, 3.8) is 0 Å². The molecule has 69 valence electrons. The smallest absolute Gasteiger partial charge is 0.303 e. The van der Waals surface area contributed by atoms with Gasteiger partial charge in [0.05, 0.1) is 6.61 Å². The topological polar surface area (TPSA) is 76.0 Å². The van der Waals surface area contributed by atoms with Crippen molar-refractivity contribution in [2.45, 2.75) is 25.2 Å². The molecule has 1 heterocycles. The van der Waals surface area contributed by atoms with Crippen LogP contribution in [0.4, 0.5) is 0 Å². The highest BCUT2D eigenvalue weighted by Gasteiger charge is 2.33. The molecule has 0 bridgehead atoms. The molecule has 3 atom stereocenters. The van der Waals surface area contributed by atoms with Crippen molar-refractivity contribution in [1.29, 1.82) is 0 Å². The number of carbonyl (C=O) groups excluding carboxylic acids is 1. The molecule has 0 amide bonds. The van der Waals surface area contributed by atoms with Crippen molar-refractivity contribution in [1.82, 2.24) is 0 Å². The minimum atomic E-state index is -1.09. The van der Waals surface area contributed by atoms with E-state index in [1.54, 1.807) is 0 Å². The second kappa shape index (κ2) is 3.84. The van der Waals surface area contributed by atoms with E-state index in [1.165, 1.54) is 13.5 Å². The highest BCUT2D eigenvalue weighted by atomic mass is 16.6. The molecule has 5 heteroatoms. The molecular weight excluding hydrogens is 164 g/mol. The van der Waals surface area contributed by atoms with Gasteiger partial charge in [0.25, 0.3) is 0 Å². The number of ether oxygens (including phenoxy) is 2. The molecule has 0 aromatic heterocycles. The zero-order valence-electron chi connectivity index (χ0n) is 6.64. The summed E-state index contributed by atoms with van der Waals surface area (Å²) in [5.74, 6) is -0.520. The lowest BCUT2D eigenvalue weighted by atomic mass is 10.1. The van der Waals surface area contributed by atoms with Crippen LogP contribution in [0.25, 0.3) is 0 Å². The number of hydrogen-bond donors (Lipinski definition) is 2. The minimum absolute atomic E-state index is 0.0267. The van der Waals surface area contributed by atoms with Crippen LogP contribution in [-0.2, 0) is 14.3 Å². The fourth-order valence-electron chi connectivity index (χ4n) is 0.936. The van der Waals surface area contributed by atoms with Gasteiger partial charge in [-0.15, -0.1) is 0 Å². The van der Waals surface area contributed by atoms with E-state index in [0.717, 1.165) is 0 Å². The molecular formula is C7H11O5. The van der Waals surface area contributed by atoms with Gasteiger partial charge in [0.2, 0.25) is 0 Å². The third-order valence-corrected chi connectivity index (χ3v) is 1.53. The summed E-state index contributed by atoms with van der Waals surface area (Å²) in [4.78, 5) is 10.5. The molecule has 5 nitrogen and oxygen atoms in total. The second-order valence-electron chi connectivity index (χ2n) is 2.60. The van der Waals surface area contributed by atoms with E-state index in [2.05, 4.69) is 4.74 Å². The Morgan fingerprint density at radius 1 is 1.67 bits per heavy atom. The Morgan fingerprint density at radius 2 is 2.33 bits per heavy atom. The van der Waals surface area contributed by atoms with Crippen LogP contribution in [0.2, 0.25) is 0 Å². The summed E-state index contributed by atoms with van der Waals surface area (Å²) in [6, 6.07) is 0. The van der Waals surface area contributed by atoms with Crippen LogP contribution in [0.5, 0.6) is 0 Å². The molecule has 0 spiro atoms. The Hall–Kier alpha value is -0.650. The first-order valence-corrected chi connectivity index (χ1v) is 3.59. The minimum Gasteiger partial charge on any atom is -0.457 e. The Kier molecular flexibility index (Phi) is 3.02. The standard InChI is InChI=1S/C7H11O5/c1-4(8)12-6-3-11-2-5(9)7(6)10/h3,5-7,9-10H,2H2,1H3/t5-,6-,7-/m1/s1. The summed E-state index contributed by atoms with van der Waals surface area (Å²) >= 11 is 0. The molecule has 0 aromatic rings. The average Bonchev–Trinajstić information content (AvgIpc) is 1.98. The highest BCUT2D eigenvalue weighted by Crippen LogP contribution is 2.15. The first-order valence-electron chi connectivity index (χ1n) is 3.59. The van der Waals surface area contributed by atoms with Gasteiger partial charge in [-0.05, 0) is 0 Å². The molecule has 1 radical (unpaired) electrons. The number of aliphatic hydroxyl groups excluding tert-OH is 2. The Labute approximate surface area is 69.9 Å². The largest absolute Gasteiger partial charge is 0.457 e. The van der Waals surface area contributed by atoms with Gasteiger partial charge in [0, 0.05) is 6.92 Å². The van der Waals surface area contributed by atoms with Crippen LogP contribution in [0, 0.1) is 6.61 Å². The molecule has 0 saturated carbocycles. The summed E-state index contributed by atoms with van der Waals surface area (Å²) in [6.07, 6.45) is -2.96. The van der Waals surface area contributed by atoms with Gasteiger partial charge in [-0.25, -0.2) is 0 Å². The first-order chi connectivity index (χ1) is 5.61. The molecule has 1 saturated heterocycles. The SMILES string of the molecule is CC(=O)O[C@@H]1[CH]OC[C@@H](O)[C@H]1O.